The zero-order chi connectivity index (χ0) is 24.5. The molecule has 4 rings (SSSR count). The lowest BCUT2D eigenvalue weighted by atomic mass is 9.77. The maximum absolute atomic E-state index is 13.1. The van der Waals surface area contributed by atoms with Crippen LogP contribution in [0.2, 0.25) is 0 Å². The Morgan fingerprint density at radius 3 is 2.29 bits per heavy atom. The van der Waals surface area contributed by atoms with E-state index in [-0.39, 0.29) is 28.5 Å². The molecule has 2 fully saturated rings. The Balaban J connectivity index is 1.37. The molecule has 11 heteroatoms. The number of halogens is 3. The summed E-state index contributed by atoms with van der Waals surface area (Å²) in [5.74, 6) is -0.902. The number of ether oxygens (including phenoxy) is 1. The van der Waals surface area contributed by atoms with E-state index in [1.54, 1.807) is 21.9 Å². The van der Waals surface area contributed by atoms with Gasteiger partial charge in [0.15, 0.2) is 12.4 Å². The molecule has 2 aromatic rings. The lowest BCUT2D eigenvalue weighted by molar-refractivity contribution is -0.154. The van der Waals surface area contributed by atoms with Crippen molar-refractivity contribution in [1.29, 1.82) is 0 Å². The van der Waals surface area contributed by atoms with Crippen molar-refractivity contribution >= 4 is 28.9 Å². The van der Waals surface area contributed by atoms with Crippen LogP contribution in [0.15, 0.2) is 30.5 Å². The number of hydrogen-bond donors (Lipinski definition) is 0. The molecule has 0 atom stereocenters. The third kappa shape index (κ3) is 5.24. The van der Waals surface area contributed by atoms with Crippen LogP contribution in [0.4, 0.5) is 13.2 Å². The first-order valence-electron chi connectivity index (χ1n) is 10.9. The Hall–Kier alpha value is -2.95. The van der Waals surface area contributed by atoms with Gasteiger partial charge in [0, 0.05) is 32.4 Å². The van der Waals surface area contributed by atoms with Gasteiger partial charge in [-0.3, -0.25) is 14.4 Å². The zero-order valence-corrected chi connectivity index (χ0v) is 19.4. The van der Waals surface area contributed by atoms with Gasteiger partial charge in [0.2, 0.25) is 5.88 Å². The molecule has 0 bridgehead atoms. The molecular weight excluding hydrogens is 471 g/mol. The van der Waals surface area contributed by atoms with Crippen LogP contribution < -0.4 is 4.74 Å². The summed E-state index contributed by atoms with van der Waals surface area (Å²) in [5.41, 5.74) is -0.128. The monoisotopic (exact) mass is 495 g/mol. The van der Waals surface area contributed by atoms with E-state index in [1.165, 1.54) is 36.6 Å². The fourth-order valence-electron chi connectivity index (χ4n) is 4.49. The van der Waals surface area contributed by atoms with Crippen LogP contribution in [0.5, 0.6) is 5.88 Å². The molecule has 2 aliphatic rings. The SMILES string of the molecule is CC(=O)c1ccc(C(=O)N2CCC3(CC2)CCN(C(=O)c2cccnc2OCC(F)(F)F)C3)s1. The molecule has 2 saturated heterocycles. The summed E-state index contributed by atoms with van der Waals surface area (Å²) in [7, 11) is 0. The molecule has 0 N–H and O–H groups in total. The number of nitrogens with zero attached hydrogens (tertiary/aromatic N) is 3. The van der Waals surface area contributed by atoms with Gasteiger partial charge in [-0.2, -0.15) is 13.2 Å². The first kappa shape index (κ1) is 24.2. The first-order chi connectivity index (χ1) is 16.1. The van der Waals surface area contributed by atoms with E-state index in [9.17, 15) is 27.6 Å². The quantitative estimate of drug-likeness (QED) is 0.585. The highest BCUT2D eigenvalue weighted by Gasteiger charge is 2.43. The third-order valence-electron chi connectivity index (χ3n) is 6.37. The maximum atomic E-state index is 13.1. The van der Waals surface area contributed by atoms with Crippen LogP contribution in [0, 0.1) is 5.41 Å². The highest BCUT2D eigenvalue weighted by molar-refractivity contribution is 7.15. The summed E-state index contributed by atoms with van der Waals surface area (Å²) in [6.45, 7) is 1.98. The van der Waals surface area contributed by atoms with Crippen molar-refractivity contribution < 1.29 is 32.3 Å². The lowest BCUT2D eigenvalue weighted by Crippen LogP contribution is -2.44. The van der Waals surface area contributed by atoms with Crippen LogP contribution in [0.1, 0.15) is 55.9 Å². The van der Waals surface area contributed by atoms with Crippen LogP contribution in [0.25, 0.3) is 0 Å². The van der Waals surface area contributed by atoms with Crippen molar-refractivity contribution in [1.82, 2.24) is 14.8 Å². The number of carbonyl (C=O) groups is 3. The lowest BCUT2D eigenvalue weighted by Gasteiger charge is -2.39. The topological polar surface area (TPSA) is 79.8 Å². The second kappa shape index (κ2) is 9.36. The summed E-state index contributed by atoms with van der Waals surface area (Å²) in [4.78, 5) is 45.7. The number of piperidine rings is 1. The smallest absolute Gasteiger partial charge is 0.422 e. The predicted molar refractivity (Wildman–Crippen MR) is 118 cm³/mol. The second-order valence-electron chi connectivity index (χ2n) is 8.75. The number of thiophene rings is 1. The summed E-state index contributed by atoms with van der Waals surface area (Å²) in [6, 6.07) is 6.25. The van der Waals surface area contributed by atoms with Crippen LogP contribution in [0.3, 0.4) is 0 Å². The maximum Gasteiger partial charge on any atom is 0.422 e. The molecule has 2 aliphatic heterocycles. The van der Waals surface area contributed by atoms with Crippen LogP contribution >= 0.6 is 11.3 Å². The van der Waals surface area contributed by atoms with Crippen molar-refractivity contribution in [2.45, 2.75) is 32.4 Å². The Bertz CT molecular complexity index is 1090. The number of likely N-dealkylation sites (tertiary alicyclic amines) is 2. The van der Waals surface area contributed by atoms with Crippen molar-refractivity contribution in [3.05, 3.63) is 45.8 Å². The zero-order valence-electron chi connectivity index (χ0n) is 18.6. The van der Waals surface area contributed by atoms with Gasteiger partial charge in [0.1, 0.15) is 5.56 Å². The molecule has 7 nitrogen and oxygen atoms in total. The van der Waals surface area contributed by atoms with Gasteiger partial charge < -0.3 is 14.5 Å². The summed E-state index contributed by atoms with van der Waals surface area (Å²) < 4.78 is 42.4. The van der Waals surface area contributed by atoms with E-state index in [0.29, 0.717) is 35.9 Å². The van der Waals surface area contributed by atoms with Gasteiger partial charge in [0.25, 0.3) is 11.8 Å². The number of alkyl halides is 3. The fourth-order valence-corrected chi connectivity index (χ4v) is 5.36. The van der Waals surface area contributed by atoms with Gasteiger partial charge >= 0.3 is 6.18 Å². The summed E-state index contributed by atoms with van der Waals surface area (Å²) in [6.07, 6.45) is -1.05. The Morgan fingerprint density at radius 1 is 1.03 bits per heavy atom. The van der Waals surface area contributed by atoms with Crippen LogP contribution in [-0.2, 0) is 0 Å². The third-order valence-corrected chi connectivity index (χ3v) is 7.55. The van der Waals surface area contributed by atoms with Gasteiger partial charge in [0.05, 0.1) is 9.75 Å². The number of rotatable bonds is 5. The molecule has 0 unspecified atom stereocenters. The van der Waals surface area contributed by atoms with Gasteiger partial charge in [-0.15, -0.1) is 11.3 Å². The first-order valence-corrected chi connectivity index (χ1v) is 11.7. The highest BCUT2D eigenvalue weighted by atomic mass is 32.1. The average molecular weight is 496 g/mol. The minimum absolute atomic E-state index is 0.00962. The van der Waals surface area contributed by atoms with Crippen molar-refractivity contribution in [3.8, 4) is 5.88 Å². The molecule has 1 spiro atoms. The molecule has 0 radical (unpaired) electrons. The molecular formula is C23H24F3N3O4S. The number of hydrogen-bond acceptors (Lipinski definition) is 6. The van der Waals surface area contributed by atoms with E-state index in [1.807, 2.05) is 0 Å². The number of aromatic nitrogens is 1. The van der Waals surface area contributed by atoms with Crippen molar-refractivity contribution in [2.24, 2.45) is 5.41 Å². The highest BCUT2D eigenvalue weighted by Crippen LogP contribution is 2.41. The molecule has 2 aromatic heterocycles. The summed E-state index contributed by atoms with van der Waals surface area (Å²) in [5, 5.41) is 0. The average Bonchev–Trinajstić information content (AvgIpc) is 3.45. The minimum atomic E-state index is -4.53. The van der Waals surface area contributed by atoms with E-state index in [0.717, 1.165) is 19.3 Å². The summed E-state index contributed by atoms with van der Waals surface area (Å²) >= 11 is 1.19. The molecule has 182 valence electrons. The number of Topliss-reactive ketones (excluding diaryl/α,β-unsaturated/α-hetero) is 1. The Kier molecular flexibility index (Phi) is 6.66. The van der Waals surface area contributed by atoms with Gasteiger partial charge in [-0.1, -0.05) is 0 Å². The van der Waals surface area contributed by atoms with E-state index in [4.69, 9.17) is 4.74 Å². The Labute approximate surface area is 198 Å². The fraction of sp³-hybridized carbons (Fsp3) is 0.478. The van der Waals surface area contributed by atoms with Crippen molar-refractivity contribution in [3.63, 3.8) is 0 Å². The van der Waals surface area contributed by atoms with Crippen LogP contribution in [-0.4, -0.2) is 71.3 Å². The molecule has 4 heterocycles. The molecule has 0 saturated carbocycles. The standard InChI is InChI=1S/C23H24F3N3O4S/c1-15(30)17-4-5-18(34-17)21(32)28-10-6-22(7-11-28)8-12-29(13-22)20(31)16-3-2-9-27-19(16)33-14-23(24,25)26/h2-5,9H,6-8,10-14H2,1H3. The molecule has 34 heavy (non-hydrogen) atoms. The molecule has 0 aliphatic carbocycles. The number of pyridine rings is 1. The molecule has 0 aromatic carbocycles. The van der Waals surface area contributed by atoms with Gasteiger partial charge in [-0.25, -0.2) is 4.98 Å². The number of ketones is 1. The van der Waals surface area contributed by atoms with E-state index >= 15 is 0 Å². The van der Waals surface area contributed by atoms with Crippen molar-refractivity contribution in [2.75, 3.05) is 32.8 Å². The van der Waals surface area contributed by atoms with E-state index in [2.05, 4.69) is 4.98 Å². The van der Waals surface area contributed by atoms with E-state index < -0.39 is 18.7 Å². The number of amides is 2. The number of carbonyl (C=O) groups excluding carboxylic acids is 3. The molecule has 2 amide bonds. The minimum Gasteiger partial charge on any atom is -0.467 e. The normalized spacial score (nSPS) is 17.8. The van der Waals surface area contributed by atoms with Gasteiger partial charge in [-0.05, 0) is 55.9 Å². The predicted octanol–water partition coefficient (Wildman–Crippen LogP) is 4.06. The Morgan fingerprint density at radius 2 is 1.68 bits per heavy atom. The largest absolute Gasteiger partial charge is 0.467 e. The second-order valence-corrected chi connectivity index (χ2v) is 9.83.